The van der Waals surface area contributed by atoms with E-state index in [0.717, 1.165) is 14.9 Å². The zero-order valence-electron chi connectivity index (χ0n) is 10.5. The van der Waals surface area contributed by atoms with Crippen molar-refractivity contribution in [3.63, 3.8) is 0 Å². The minimum atomic E-state index is -0.472. The minimum Gasteiger partial charge on any atom is -0.482 e. The van der Waals surface area contributed by atoms with Crippen LogP contribution >= 0.6 is 22.6 Å². The molecular weight excluding hydrogens is 331 g/mol. The van der Waals surface area contributed by atoms with E-state index >= 15 is 0 Å². The number of hydrogen-bond acceptors (Lipinski definition) is 3. The highest BCUT2D eigenvalue weighted by Gasteiger charge is 2.16. The van der Waals surface area contributed by atoms with Gasteiger partial charge in [0.2, 0.25) is 0 Å². The SMILES string of the molecule is Cc1ccc(I)cc1OCC(=O)OC(C)(C)C. The van der Waals surface area contributed by atoms with Crippen LogP contribution in [0.5, 0.6) is 5.75 Å². The Morgan fingerprint density at radius 3 is 2.59 bits per heavy atom. The monoisotopic (exact) mass is 348 g/mol. The molecular formula is C13H17IO3. The van der Waals surface area contributed by atoms with Crippen molar-refractivity contribution >= 4 is 28.6 Å². The number of aryl methyl sites for hydroxylation is 1. The van der Waals surface area contributed by atoms with Gasteiger partial charge in [-0.15, -0.1) is 0 Å². The summed E-state index contributed by atoms with van der Waals surface area (Å²) >= 11 is 2.21. The maximum absolute atomic E-state index is 11.5. The van der Waals surface area contributed by atoms with E-state index in [4.69, 9.17) is 9.47 Å². The summed E-state index contributed by atoms with van der Waals surface area (Å²) in [6.07, 6.45) is 0. The van der Waals surface area contributed by atoms with Crippen LogP contribution in [0.2, 0.25) is 0 Å². The van der Waals surface area contributed by atoms with Crippen molar-refractivity contribution in [1.82, 2.24) is 0 Å². The molecule has 0 saturated heterocycles. The number of rotatable bonds is 3. The van der Waals surface area contributed by atoms with Crippen LogP contribution < -0.4 is 4.74 Å². The Kier molecular flexibility index (Phi) is 4.80. The number of carbonyl (C=O) groups is 1. The van der Waals surface area contributed by atoms with E-state index in [2.05, 4.69) is 22.6 Å². The summed E-state index contributed by atoms with van der Waals surface area (Å²) in [6, 6.07) is 5.86. The van der Waals surface area contributed by atoms with Gasteiger partial charge in [0, 0.05) is 3.57 Å². The highest BCUT2D eigenvalue weighted by molar-refractivity contribution is 14.1. The van der Waals surface area contributed by atoms with Crippen molar-refractivity contribution in [3.05, 3.63) is 27.3 Å². The van der Waals surface area contributed by atoms with Crippen molar-refractivity contribution < 1.29 is 14.3 Å². The molecule has 94 valence electrons. The molecule has 0 bridgehead atoms. The molecule has 0 aromatic heterocycles. The molecule has 0 unspecified atom stereocenters. The lowest BCUT2D eigenvalue weighted by atomic mass is 10.2. The molecule has 0 amide bonds. The van der Waals surface area contributed by atoms with Gasteiger partial charge in [-0.3, -0.25) is 0 Å². The summed E-state index contributed by atoms with van der Waals surface area (Å²) in [5, 5.41) is 0. The third-order valence-corrected chi connectivity index (χ3v) is 2.59. The van der Waals surface area contributed by atoms with Gasteiger partial charge in [0.1, 0.15) is 11.4 Å². The van der Waals surface area contributed by atoms with Crippen molar-refractivity contribution in [2.45, 2.75) is 33.3 Å². The van der Waals surface area contributed by atoms with Crippen molar-refractivity contribution in [3.8, 4) is 5.75 Å². The molecule has 0 aliphatic carbocycles. The second kappa shape index (κ2) is 5.71. The Morgan fingerprint density at radius 1 is 1.35 bits per heavy atom. The Labute approximate surface area is 116 Å². The largest absolute Gasteiger partial charge is 0.482 e. The topological polar surface area (TPSA) is 35.5 Å². The molecule has 0 saturated carbocycles. The van der Waals surface area contributed by atoms with Gasteiger partial charge in [-0.2, -0.15) is 0 Å². The number of ether oxygens (including phenoxy) is 2. The summed E-state index contributed by atoms with van der Waals surface area (Å²) in [5.41, 5.74) is 0.537. The molecule has 0 aliphatic heterocycles. The summed E-state index contributed by atoms with van der Waals surface area (Å²) in [4.78, 5) is 11.5. The molecule has 4 heteroatoms. The normalized spacial score (nSPS) is 11.1. The zero-order valence-corrected chi connectivity index (χ0v) is 12.7. The lowest BCUT2D eigenvalue weighted by Crippen LogP contribution is -2.27. The Balaban J connectivity index is 2.56. The van der Waals surface area contributed by atoms with E-state index in [1.54, 1.807) is 0 Å². The van der Waals surface area contributed by atoms with Crippen LogP contribution in [-0.4, -0.2) is 18.2 Å². The smallest absolute Gasteiger partial charge is 0.344 e. The van der Waals surface area contributed by atoms with E-state index in [-0.39, 0.29) is 12.6 Å². The number of esters is 1. The summed E-state index contributed by atoms with van der Waals surface area (Å²) in [7, 11) is 0. The number of benzene rings is 1. The second-order valence-electron chi connectivity index (χ2n) is 4.78. The van der Waals surface area contributed by atoms with Gasteiger partial charge in [0.25, 0.3) is 0 Å². The van der Waals surface area contributed by atoms with Gasteiger partial charge in [0.15, 0.2) is 6.61 Å². The van der Waals surface area contributed by atoms with Crippen LogP contribution in [-0.2, 0) is 9.53 Å². The van der Waals surface area contributed by atoms with Gasteiger partial charge in [-0.1, -0.05) is 6.07 Å². The van der Waals surface area contributed by atoms with Crippen molar-refractivity contribution in [2.75, 3.05) is 6.61 Å². The van der Waals surface area contributed by atoms with E-state index < -0.39 is 5.60 Å². The predicted octanol–water partition coefficient (Wildman–Crippen LogP) is 3.32. The molecule has 0 atom stereocenters. The quantitative estimate of drug-likeness (QED) is 0.621. The molecule has 17 heavy (non-hydrogen) atoms. The molecule has 0 radical (unpaired) electrons. The third kappa shape index (κ3) is 5.39. The highest BCUT2D eigenvalue weighted by atomic mass is 127. The van der Waals surface area contributed by atoms with Crippen LogP contribution in [0.25, 0.3) is 0 Å². The molecule has 0 spiro atoms. The average Bonchev–Trinajstić information content (AvgIpc) is 2.17. The standard InChI is InChI=1S/C13H17IO3/c1-9-5-6-10(14)7-11(9)16-8-12(15)17-13(2,3)4/h5-7H,8H2,1-4H3. The van der Waals surface area contributed by atoms with Crippen molar-refractivity contribution in [2.24, 2.45) is 0 Å². The molecule has 3 nitrogen and oxygen atoms in total. The third-order valence-electron chi connectivity index (χ3n) is 1.92. The zero-order chi connectivity index (χ0) is 13.1. The van der Waals surface area contributed by atoms with Crippen LogP contribution in [0.4, 0.5) is 0 Å². The Morgan fingerprint density at radius 2 is 2.00 bits per heavy atom. The fourth-order valence-corrected chi connectivity index (χ4v) is 1.70. The van der Waals surface area contributed by atoms with E-state index in [1.165, 1.54) is 0 Å². The van der Waals surface area contributed by atoms with Crippen LogP contribution in [0.1, 0.15) is 26.3 Å². The maximum atomic E-state index is 11.5. The average molecular weight is 348 g/mol. The van der Waals surface area contributed by atoms with Crippen LogP contribution in [0, 0.1) is 10.5 Å². The van der Waals surface area contributed by atoms with Gasteiger partial charge < -0.3 is 9.47 Å². The number of halogens is 1. The summed E-state index contributed by atoms with van der Waals surface area (Å²) < 4.78 is 11.7. The molecule has 1 aromatic carbocycles. The minimum absolute atomic E-state index is 0.0573. The van der Waals surface area contributed by atoms with E-state index in [0.29, 0.717) is 0 Å². The first-order valence-electron chi connectivity index (χ1n) is 5.39. The molecule has 1 aromatic rings. The molecule has 0 aliphatic rings. The molecule has 0 N–H and O–H groups in total. The van der Waals surface area contributed by atoms with E-state index in [1.807, 2.05) is 45.9 Å². The van der Waals surface area contributed by atoms with Gasteiger partial charge in [-0.25, -0.2) is 4.79 Å². The maximum Gasteiger partial charge on any atom is 0.344 e. The lowest BCUT2D eigenvalue weighted by molar-refractivity contribution is -0.157. The first kappa shape index (κ1) is 14.3. The number of carbonyl (C=O) groups excluding carboxylic acids is 1. The summed E-state index contributed by atoms with van der Waals surface area (Å²) in [5.74, 6) is 0.374. The fraction of sp³-hybridized carbons (Fsp3) is 0.462. The summed E-state index contributed by atoms with van der Waals surface area (Å²) in [6.45, 7) is 7.39. The van der Waals surface area contributed by atoms with Crippen LogP contribution in [0.3, 0.4) is 0 Å². The Bertz CT molecular complexity index is 408. The van der Waals surface area contributed by atoms with Gasteiger partial charge in [0.05, 0.1) is 0 Å². The highest BCUT2D eigenvalue weighted by Crippen LogP contribution is 2.20. The first-order chi connectivity index (χ1) is 7.78. The molecule has 0 fully saturated rings. The molecule has 0 heterocycles. The fourth-order valence-electron chi connectivity index (χ4n) is 1.24. The Hall–Kier alpha value is -0.780. The lowest BCUT2D eigenvalue weighted by Gasteiger charge is -2.19. The second-order valence-corrected chi connectivity index (χ2v) is 6.03. The van der Waals surface area contributed by atoms with E-state index in [9.17, 15) is 4.79 Å². The van der Waals surface area contributed by atoms with Crippen molar-refractivity contribution in [1.29, 1.82) is 0 Å². The number of hydrogen-bond donors (Lipinski definition) is 0. The molecule has 1 rings (SSSR count). The van der Waals surface area contributed by atoms with Gasteiger partial charge in [-0.05, 0) is 68.0 Å². The first-order valence-corrected chi connectivity index (χ1v) is 6.46. The van der Waals surface area contributed by atoms with Crippen LogP contribution in [0.15, 0.2) is 18.2 Å². The van der Waals surface area contributed by atoms with Gasteiger partial charge >= 0.3 is 5.97 Å². The predicted molar refractivity (Wildman–Crippen MR) is 75.2 cm³/mol.